The second-order valence-electron chi connectivity index (χ2n) is 10.1. The molecule has 3 rings (SSSR count). The molecular weight excluding hydrogens is 590 g/mol. The molecule has 0 heterocycles. The Kier molecular flexibility index (Phi) is 10.9. The number of sulfonamides is 1. The lowest BCUT2D eigenvalue weighted by molar-refractivity contribution is -0.139. The minimum Gasteiger partial charge on any atom is -0.354 e. The van der Waals surface area contributed by atoms with Gasteiger partial charge >= 0.3 is 0 Å². The standard InChI is InChI=1S/C31H38BrN3O4S/c1-6-7-18-33-31(37)25(5)34(20-26-11-13-27(32)14-12-26)30(36)21-35(29-17-10-23(3)19-24(29)4)40(38,39)28-15-8-22(2)9-16-28/h8-17,19,25H,6-7,18,20-21H2,1-5H3,(H,33,37)/t25-/m1/s1. The van der Waals surface area contributed by atoms with E-state index in [0.717, 1.165) is 43.9 Å². The highest BCUT2D eigenvalue weighted by atomic mass is 79.9. The van der Waals surface area contributed by atoms with Gasteiger partial charge < -0.3 is 10.2 Å². The topological polar surface area (TPSA) is 86.8 Å². The fourth-order valence-corrected chi connectivity index (χ4v) is 6.08. The van der Waals surface area contributed by atoms with Gasteiger partial charge in [-0.3, -0.25) is 13.9 Å². The fourth-order valence-electron chi connectivity index (χ4n) is 4.34. The summed E-state index contributed by atoms with van der Waals surface area (Å²) in [7, 11) is -4.10. The molecule has 40 heavy (non-hydrogen) atoms. The van der Waals surface area contributed by atoms with Gasteiger partial charge in [-0.25, -0.2) is 8.42 Å². The number of nitrogens with one attached hydrogen (secondary N) is 1. The Morgan fingerprint density at radius 3 is 2.15 bits per heavy atom. The molecule has 1 atom stereocenters. The predicted octanol–water partition coefficient (Wildman–Crippen LogP) is 5.90. The van der Waals surface area contributed by atoms with E-state index in [9.17, 15) is 18.0 Å². The molecule has 2 amide bonds. The summed E-state index contributed by atoms with van der Waals surface area (Å²) in [6.07, 6.45) is 1.76. The number of carbonyl (C=O) groups excluding carboxylic acids is 2. The average Bonchev–Trinajstić information content (AvgIpc) is 2.91. The normalized spacial score (nSPS) is 12.1. The number of nitrogens with zero attached hydrogens (tertiary/aromatic N) is 2. The van der Waals surface area contributed by atoms with Crippen LogP contribution >= 0.6 is 15.9 Å². The van der Waals surface area contributed by atoms with E-state index < -0.39 is 28.5 Å². The Labute approximate surface area is 246 Å². The van der Waals surface area contributed by atoms with Gasteiger partial charge in [0.05, 0.1) is 10.6 Å². The van der Waals surface area contributed by atoms with E-state index in [1.165, 1.54) is 4.90 Å². The van der Waals surface area contributed by atoms with Crippen molar-refractivity contribution in [1.82, 2.24) is 10.2 Å². The van der Waals surface area contributed by atoms with Gasteiger partial charge in [0.2, 0.25) is 11.8 Å². The molecule has 0 saturated carbocycles. The Morgan fingerprint density at radius 1 is 0.925 bits per heavy atom. The van der Waals surface area contributed by atoms with Crippen molar-refractivity contribution in [2.24, 2.45) is 0 Å². The highest BCUT2D eigenvalue weighted by molar-refractivity contribution is 9.10. The maximum atomic E-state index is 14.0. The first-order chi connectivity index (χ1) is 18.9. The average molecular weight is 629 g/mol. The number of hydrogen-bond donors (Lipinski definition) is 1. The van der Waals surface area contributed by atoms with Crippen LogP contribution < -0.4 is 9.62 Å². The molecule has 0 bridgehead atoms. The number of halogens is 1. The van der Waals surface area contributed by atoms with Crippen LogP contribution in [-0.4, -0.2) is 44.3 Å². The molecule has 0 unspecified atom stereocenters. The third-order valence-electron chi connectivity index (χ3n) is 6.77. The minimum atomic E-state index is -4.10. The van der Waals surface area contributed by atoms with Gasteiger partial charge in [0.25, 0.3) is 10.0 Å². The Morgan fingerprint density at radius 2 is 1.55 bits per heavy atom. The number of unbranched alkanes of at least 4 members (excludes halogenated alkanes) is 1. The van der Waals surface area contributed by atoms with Crippen molar-refractivity contribution >= 4 is 43.5 Å². The maximum Gasteiger partial charge on any atom is 0.264 e. The van der Waals surface area contributed by atoms with Crippen LogP contribution in [0.25, 0.3) is 0 Å². The molecule has 9 heteroatoms. The van der Waals surface area contributed by atoms with Crippen LogP contribution in [0.3, 0.4) is 0 Å². The first kappa shape index (κ1) is 31.4. The monoisotopic (exact) mass is 627 g/mol. The number of anilines is 1. The van der Waals surface area contributed by atoms with Crippen LogP contribution in [0.1, 0.15) is 48.9 Å². The second kappa shape index (κ2) is 13.9. The molecular formula is C31H38BrN3O4S. The van der Waals surface area contributed by atoms with Gasteiger partial charge in [-0.1, -0.05) is 76.8 Å². The van der Waals surface area contributed by atoms with Gasteiger partial charge in [-0.15, -0.1) is 0 Å². The third kappa shape index (κ3) is 7.95. The van der Waals surface area contributed by atoms with E-state index >= 15 is 0 Å². The molecule has 0 aliphatic heterocycles. The summed E-state index contributed by atoms with van der Waals surface area (Å²) < 4.78 is 30.0. The SMILES string of the molecule is CCCCNC(=O)[C@@H](C)N(Cc1ccc(Br)cc1)C(=O)CN(c1ccc(C)cc1C)S(=O)(=O)c1ccc(C)cc1. The first-order valence-electron chi connectivity index (χ1n) is 13.4. The summed E-state index contributed by atoms with van der Waals surface area (Å²) in [5.74, 6) is -0.755. The Balaban J connectivity index is 2.03. The molecule has 1 N–H and O–H groups in total. The highest BCUT2D eigenvalue weighted by Crippen LogP contribution is 2.28. The Hall–Kier alpha value is -3.17. The van der Waals surface area contributed by atoms with Crippen LogP contribution in [0.15, 0.2) is 76.1 Å². The van der Waals surface area contributed by atoms with Gasteiger partial charge in [-0.2, -0.15) is 0 Å². The van der Waals surface area contributed by atoms with Crippen molar-refractivity contribution in [3.63, 3.8) is 0 Å². The van der Waals surface area contributed by atoms with Crippen molar-refractivity contribution < 1.29 is 18.0 Å². The number of benzene rings is 3. The van der Waals surface area contributed by atoms with Gasteiger partial charge in [0.15, 0.2) is 0 Å². The quantitative estimate of drug-likeness (QED) is 0.253. The molecule has 0 aliphatic carbocycles. The Bertz CT molecular complexity index is 1420. The summed E-state index contributed by atoms with van der Waals surface area (Å²) in [6, 6.07) is 18.7. The minimum absolute atomic E-state index is 0.0932. The summed E-state index contributed by atoms with van der Waals surface area (Å²) >= 11 is 3.43. The fraction of sp³-hybridized carbons (Fsp3) is 0.355. The van der Waals surface area contributed by atoms with Crippen molar-refractivity contribution in [3.05, 3.63) is 93.5 Å². The number of hydrogen-bond acceptors (Lipinski definition) is 4. The number of amides is 2. The van der Waals surface area contributed by atoms with E-state index in [0.29, 0.717) is 12.2 Å². The lowest BCUT2D eigenvalue weighted by Gasteiger charge is -2.32. The molecule has 214 valence electrons. The molecule has 7 nitrogen and oxygen atoms in total. The van der Waals surface area contributed by atoms with Crippen LogP contribution in [0.2, 0.25) is 0 Å². The van der Waals surface area contributed by atoms with E-state index in [2.05, 4.69) is 21.2 Å². The molecule has 0 aliphatic rings. The van der Waals surface area contributed by atoms with E-state index in [1.807, 2.05) is 64.1 Å². The van der Waals surface area contributed by atoms with Crippen molar-refractivity contribution in [3.8, 4) is 0 Å². The van der Waals surface area contributed by atoms with Crippen molar-refractivity contribution in [1.29, 1.82) is 0 Å². The first-order valence-corrected chi connectivity index (χ1v) is 15.7. The number of carbonyl (C=O) groups is 2. The smallest absolute Gasteiger partial charge is 0.264 e. The van der Waals surface area contributed by atoms with Gasteiger partial charge in [-0.05, 0) is 75.6 Å². The molecule has 3 aromatic carbocycles. The zero-order chi connectivity index (χ0) is 29.4. The second-order valence-corrected chi connectivity index (χ2v) is 12.9. The lowest BCUT2D eigenvalue weighted by atomic mass is 10.1. The molecule has 3 aromatic rings. The predicted molar refractivity (Wildman–Crippen MR) is 164 cm³/mol. The van der Waals surface area contributed by atoms with Crippen LogP contribution in [0.4, 0.5) is 5.69 Å². The molecule has 0 fully saturated rings. The molecule has 0 spiro atoms. The van der Waals surface area contributed by atoms with Gasteiger partial charge in [0.1, 0.15) is 12.6 Å². The maximum absolute atomic E-state index is 14.0. The van der Waals surface area contributed by atoms with E-state index in [-0.39, 0.29) is 17.3 Å². The van der Waals surface area contributed by atoms with Crippen molar-refractivity contribution in [2.75, 3.05) is 17.4 Å². The molecule has 0 aromatic heterocycles. The lowest BCUT2D eigenvalue weighted by Crippen LogP contribution is -2.51. The van der Waals surface area contributed by atoms with Crippen molar-refractivity contribution in [2.45, 2.75) is 64.9 Å². The largest absolute Gasteiger partial charge is 0.354 e. The zero-order valence-corrected chi connectivity index (χ0v) is 26.2. The molecule has 0 radical (unpaired) electrons. The van der Waals surface area contributed by atoms with Gasteiger partial charge in [0, 0.05) is 17.6 Å². The number of rotatable bonds is 12. The summed E-state index contributed by atoms with van der Waals surface area (Å²) in [6.45, 7) is 9.56. The van der Waals surface area contributed by atoms with Crippen LogP contribution in [-0.2, 0) is 26.2 Å². The summed E-state index contributed by atoms with van der Waals surface area (Å²) in [4.78, 5) is 28.6. The zero-order valence-electron chi connectivity index (χ0n) is 23.8. The van der Waals surface area contributed by atoms with Crippen LogP contribution in [0, 0.1) is 20.8 Å². The van der Waals surface area contributed by atoms with E-state index in [4.69, 9.17) is 0 Å². The van der Waals surface area contributed by atoms with E-state index in [1.54, 1.807) is 37.3 Å². The third-order valence-corrected chi connectivity index (χ3v) is 9.07. The molecule has 0 saturated heterocycles. The number of aryl methyl sites for hydroxylation is 3. The van der Waals surface area contributed by atoms with Crippen LogP contribution in [0.5, 0.6) is 0 Å². The highest BCUT2D eigenvalue weighted by Gasteiger charge is 2.33. The summed E-state index contributed by atoms with van der Waals surface area (Å²) in [5, 5.41) is 2.90. The summed E-state index contributed by atoms with van der Waals surface area (Å²) in [5.41, 5.74) is 3.88.